The minimum Gasteiger partial charge on any atom is -0.370 e. The van der Waals surface area contributed by atoms with Gasteiger partial charge in [0, 0.05) is 23.4 Å². The van der Waals surface area contributed by atoms with Crippen LogP contribution in [0.5, 0.6) is 0 Å². The second kappa shape index (κ2) is 5.84. The van der Waals surface area contributed by atoms with Crippen LogP contribution in [-0.4, -0.2) is 16.5 Å². The fourth-order valence-electron chi connectivity index (χ4n) is 2.72. The summed E-state index contributed by atoms with van der Waals surface area (Å²) in [5, 5.41) is 3.36. The van der Waals surface area contributed by atoms with Crippen LogP contribution in [-0.2, 0) is 6.42 Å². The van der Waals surface area contributed by atoms with Crippen molar-refractivity contribution in [2.24, 2.45) is 0 Å². The number of nitrogens with one attached hydrogen (secondary N) is 1. The van der Waals surface area contributed by atoms with Gasteiger partial charge in [-0.1, -0.05) is 25.1 Å². The van der Waals surface area contributed by atoms with E-state index in [9.17, 15) is 0 Å². The van der Waals surface area contributed by atoms with Gasteiger partial charge in [0.15, 0.2) is 5.82 Å². The molecule has 1 aromatic carbocycles. The molecule has 0 aliphatic heterocycles. The lowest BCUT2D eigenvalue weighted by Crippen LogP contribution is -2.07. The van der Waals surface area contributed by atoms with Gasteiger partial charge in [-0.25, -0.2) is 9.97 Å². The zero-order chi connectivity index (χ0) is 14.8. The topological polar surface area (TPSA) is 37.8 Å². The zero-order valence-corrected chi connectivity index (χ0v) is 13.1. The van der Waals surface area contributed by atoms with Gasteiger partial charge in [0.2, 0.25) is 0 Å². The van der Waals surface area contributed by atoms with Crippen molar-refractivity contribution in [2.45, 2.75) is 46.0 Å². The van der Waals surface area contributed by atoms with Gasteiger partial charge in [-0.2, -0.15) is 0 Å². The SMILES string of the molecule is CCNc1nc(-c2cccc(C3CC3)c2)nc(CC)c1C. The van der Waals surface area contributed by atoms with Crippen molar-refractivity contribution in [1.29, 1.82) is 0 Å². The molecule has 0 atom stereocenters. The summed E-state index contributed by atoms with van der Waals surface area (Å²) >= 11 is 0. The molecule has 21 heavy (non-hydrogen) atoms. The largest absolute Gasteiger partial charge is 0.370 e. The molecule has 110 valence electrons. The molecule has 3 nitrogen and oxygen atoms in total. The number of nitrogens with zero attached hydrogens (tertiary/aromatic N) is 2. The smallest absolute Gasteiger partial charge is 0.161 e. The summed E-state index contributed by atoms with van der Waals surface area (Å²) in [6.45, 7) is 7.22. The maximum Gasteiger partial charge on any atom is 0.161 e. The van der Waals surface area contributed by atoms with Crippen LogP contribution >= 0.6 is 0 Å². The number of hydrogen-bond donors (Lipinski definition) is 1. The predicted molar refractivity (Wildman–Crippen MR) is 87.7 cm³/mol. The van der Waals surface area contributed by atoms with E-state index in [0.717, 1.165) is 41.8 Å². The van der Waals surface area contributed by atoms with E-state index in [1.54, 1.807) is 0 Å². The van der Waals surface area contributed by atoms with Gasteiger partial charge in [0.25, 0.3) is 0 Å². The summed E-state index contributed by atoms with van der Waals surface area (Å²) < 4.78 is 0. The van der Waals surface area contributed by atoms with Gasteiger partial charge in [-0.05, 0) is 50.7 Å². The maximum atomic E-state index is 4.77. The second-order valence-corrected chi connectivity index (χ2v) is 5.75. The first-order valence-corrected chi connectivity index (χ1v) is 7.94. The van der Waals surface area contributed by atoms with E-state index in [0.29, 0.717) is 0 Å². The molecule has 0 unspecified atom stereocenters. The predicted octanol–water partition coefficient (Wildman–Crippen LogP) is 4.32. The number of benzene rings is 1. The van der Waals surface area contributed by atoms with Crippen LogP contribution in [0.15, 0.2) is 24.3 Å². The lowest BCUT2D eigenvalue weighted by Gasteiger charge is -2.13. The average Bonchev–Trinajstić information content (AvgIpc) is 3.34. The quantitative estimate of drug-likeness (QED) is 0.886. The van der Waals surface area contributed by atoms with Crippen molar-refractivity contribution in [3.8, 4) is 11.4 Å². The molecule has 1 aromatic heterocycles. The van der Waals surface area contributed by atoms with Crippen LogP contribution in [0.3, 0.4) is 0 Å². The lowest BCUT2D eigenvalue weighted by molar-refractivity contribution is 0.969. The summed E-state index contributed by atoms with van der Waals surface area (Å²) in [6.07, 6.45) is 3.57. The number of aromatic nitrogens is 2. The van der Waals surface area contributed by atoms with E-state index >= 15 is 0 Å². The Kier molecular flexibility index (Phi) is 3.91. The summed E-state index contributed by atoms with van der Waals surface area (Å²) in [4.78, 5) is 9.51. The molecule has 1 N–H and O–H groups in total. The van der Waals surface area contributed by atoms with Gasteiger partial charge >= 0.3 is 0 Å². The second-order valence-electron chi connectivity index (χ2n) is 5.75. The monoisotopic (exact) mass is 281 g/mol. The molecule has 1 saturated carbocycles. The maximum absolute atomic E-state index is 4.77. The Morgan fingerprint density at radius 1 is 1.19 bits per heavy atom. The summed E-state index contributed by atoms with van der Waals surface area (Å²) in [5.74, 6) is 2.57. The lowest BCUT2D eigenvalue weighted by atomic mass is 10.1. The van der Waals surface area contributed by atoms with Gasteiger partial charge < -0.3 is 5.32 Å². The molecule has 0 saturated heterocycles. The first-order chi connectivity index (χ1) is 10.2. The van der Waals surface area contributed by atoms with Crippen LogP contribution < -0.4 is 5.32 Å². The highest BCUT2D eigenvalue weighted by molar-refractivity contribution is 5.61. The third kappa shape index (κ3) is 2.92. The van der Waals surface area contributed by atoms with Crippen LogP contribution in [0.1, 0.15) is 49.4 Å². The molecule has 3 heteroatoms. The Bertz CT molecular complexity index is 645. The summed E-state index contributed by atoms with van der Waals surface area (Å²) in [6, 6.07) is 8.73. The standard InChI is InChI=1S/C18H23N3/c1-4-16-12(3)17(19-5-2)21-18(20-16)15-8-6-7-14(11-15)13-9-10-13/h6-8,11,13H,4-5,9-10H2,1-3H3,(H,19,20,21). The highest BCUT2D eigenvalue weighted by Gasteiger charge is 2.23. The molecule has 3 rings (SSSR count). The first-order valence-electron chi connectivity index (χ1n) is 7.94. The molecule has 1 fully saturated rings. The van der Waals surface area contributed by atoms with Crippen LogP contribution in [0.2, 0.25) is 0 Å². The Labute approximate surface area is 126 Å². The van der Waals surface area contributed by atoms with Gasteiger partial charge in [0.05, 0.1) is 0 Å². The molecule has 0 radical (unpaired) electrons. The fraction of sp³-hybridized carbons (Fsp3) is 0.444. The number of anilines is 1. The Hall–Kier alpha value is -1.90. The molecule has 1 aliphatic rings. The number of rotatable bonds is 5. The number of hydrogen-bond acceptors (Lipinski definition) is 3. The Balaban J connectivity index is 2.04. The van der Waals surface area contributed by atoms with Crippen LogP contribution in [0.4, 0.5) is 5.82 Å². The van der Waals surface area contributed by atoms with Crippen molar-refractivity contribution >= 4 is 5.82 Å². The van der Waals surface area contributed by atoms with E-state index in [4.69, 9.17) is 9.97 Å². The highest BCUT2D eigenvalue weighted by atomic mass is 15.0. The van der Waals surface area contributed by atoms with E-state index in [2.05, 4.69) is 50.4 Å². The van der Waals surface area contributed by atoms with Crippen molar-refractivity contribution in [3.63, 3.8) is 0 Å². The molecule has 1 aliphatic carbocycles. The molecule has 2 aromatic rings. The van der Waals surface area contributed by atoms with Crippen molar-refractivity contribution in [1.82, 2.24) is 9.97 Å². The Morgan fingerprint density at radius 3 is 2.67 bits per heavy atom. The van der Waals surface area contributed by atoms with E-state index in [-0.39, 0.29) is 0 Å². The first kappa shape index (κ1) is 14.1. The van der Waals surface area contributed by atoms with Crippen molar-refractivity contribution < 1.29 is 0 Å². The summed E-state index contributed by atoms with van der Waals surface area (Å²) in [5.41, 5.74) is 4.86. The molecular weight excluding hydrogens is 258 g/mol. The van der Waals surface area contributed by atoms with Crippen LogP contribution in [0, 0.1) is 6.92 Å². The Morgan fingerprint density at radius 2 is 2.00 bits per heavy atom. The molecule has 0 spiro atoms. The summed E-state index contributed by atoms with van der Waals surface area (Å²) in [7, 11) is 0. The molecule has 1 heterocycles. The average molecular weight is 281 g/mol. The van der Waals surface area contributed by atoms with E-state index < -0.39 is 0 Å². The van der Waals surface area contributed by atoms with Gasteiger partial charge in [-0.3, -0.25) is 0 Å². The zero-order valence-electron chi connectivity index (χ0n) is 13.1. The fourth-order valence-corrected chi connectivity index (χ4v) is 2.72. The molecule has 0 amide bonds. The molecule has 0 bridgehead atoms. The van der Waals surface area contributed by atoms with Crippen molar-refractivity contribution in [3.05, 3.63) is 41.1 Å². The van der Waals surface area contributed by atoms with Gasteiger partial charge in [-0.15, -0.1) is 0 Å². The van der Waals surface area contributed by atoms with Crippen molar-refractivity contribution in [2.75, 3.05) is 11.9 Å². The minimum absolute atomic E-state index is 0.759. The highest BCUT2D eigenvalue weighted by Crippen LogP contribution is 2.40. The van der Waals surface area contributed by atoms with Crippen LogP contribution in [0.25, 0.3) is 11.4 Å². The third-order valence-corrected chi connectivity index (χ3v) is 4.12. The number of aryl methyl sites for hydroxylation is 1. The third-order valence-electron chi connectivity index (χ3n) is 4.12. The minimum atomic E-state index is 0.759. The molecular formula is C18H23N3. The van der Waals surface area contributed by atoms with E-state index in [1.165, 1.54) is 24.0 Å². The normalized spacial score (nSPS) is 14.2. The van der Waals surface area contributed by atoms with Gasteiger partial charge in [0.1, 0.15) is 5.82 Å². The van der Waals surface area contributed by atoms with E-state index in [1.807, 2.05) is 0 Å².